The summed E-state index contributed by atoms with van der Waals surface area (Å²) < 4.78 is 6.02. The van der Waals surface area contributed by atoms with Crippen molar-refractivity contribution in [3.63, 3.8) is 0 Å². The molecule has 3 aromatic carbocycles. The van der Waals surface area contributed by atoms with E-state index in [1.165, 1.54) is 5.39 Å². The fraction of sp³-hybridized carbons (Fsp3) is 0.0588. The number of aryl methyl sites for hydroxylation is 1. The molecule has 0 radical (unpaired) electrons. The SMILES string of the molecule is Cc1cc(N)ccc1Oc1cccc2ccccc12. The number of nitrogens with two attached hydrogens (primary N) is 1. The van der Waals surface area contributed by atoms with Crippen LogP contribution < -0.4 is 10.5 Å². The van der Waals surface area contributed by atoms with E-state index in [0.717, 1.165) is 28.1 Å². The van der Waals surface area contributed by atoms with Crippen LogP contribution >= 0.6 is 0 Å². The minimum atomic E-state index is 0.753. The Hall–Kier alpha value is -2.48. The molecule has 2 nitrogen and oxygen atoms in total. The number of nitrogen functional groups attached to an aromatic ring is 1. The van der Waals surface area contributed by atoms with E-state index >= 15 is 0 Å². The van der Waals surface area contributed by atoms with Gasteiger partial charge in [-0.1, -0.05) is 36.4 Å². The summed E-state index contributed by atoms with van der Waals surface area (Å²) in [5, 5.41) is 2.29. The average Bonchev–Trinajstić information content (AvgIpc) is 2.42. The maximum absolute atomic E-state index is 6.02. The third kappa shape index (κ3) is 2.25. The number of anilines is 1. The van der Waals surface area contributed by atoms with Gasteiger partial charge >= 0.3 is 0 Å². The summed E-state index contributed by atoms with van der Waals surface area (Å²) >= 11 is 0. The first-order chi connectivity index (χ1) is 9.24. The summed E-state index contributed by atoms with van der Waals surface area (Å²) in [4.78, 5) is 0. The second kappa shape index (κ2) is 4.65. The molecule has 94 valence electrons. The number of hydrogen-bond acceptors (Lipinski definition) is 2. The monoisotopic (exact) mass is 249 g/mol. The summed E-state index contributed by atoms with van der Waals surface area (Å²) in [5.41, 5.74) is 7.54. The predicted octanol–water partition coefficient (Wildman–Crippen LogP) is 4.52. The van der Waals surface area contributed by atoms with E-state index < -0.39 is 0 Å². The molecule has 0 amide bonds. The molecule has 0 bridgehead atoms. The number of rotatable bonds is 2. The van der Waals surface area contributed by atoms with Gasteiger partial charge in [-0.05, 0) is 42.1 Å². The Bertz CT molecular complexity index is 729. The van der Waals surface area contributed by atoms with Crippen LogP contribution in [0.15, 0.2) is 60.7 Å². The van der Waals surface area contributed by atoms with Gasteiger partial charge in [0.05, 0.1) is 0 Å². The first-order valence-electron chi connectivity index (χ1n) is 6.26. The maximum atomic E-state index is 6.02. The lowest BCUT2D eigenvalue weighted by Gasteiger charge is -2.11. The van der Waals surface area contributed by atoms with E-state index in [2.05, 4.69) is 18.2 Å². The molecule has 0 aromatic heterocycles. The topological polar surface area (TPSA) is 35.2 Å². The largest absolute Gasteiger partial charge is 0.456 e. The Labute approximate surface area is 112 Å². The normalized spacial score (nSPS) is 10.6. The van der Waals surface area contributed by atoms with Crippen LogP contribution in [-0.4, -0.2) is 0 Å². The summed E-state index contributed by atoms with van der Waals surface area (Å²) in [6, 6.07) is 19.9. The lowest BCUT2D eigenvalue weighted by atomic mass is 10.1. The van der Waals surface area contributed by atoms with Crippen molar-refractivity contribution in [2.24, 2.45) is 0 Å². The molecule has 0 saturated carbocycles. The van der Waals surface area contributed by atoms with Crippen molar-refractivity contribution in [3.05, 3.63) is 66.2 Å². The van der Waals surface area contributed by atoms with Gasteiger partial charge in [-0.2, -0.15) is 0 Å². The van der Waals surface area contributed by atoms with Gasteiger partial charge in [0.1, 0.15) is 11.5 Å². The quantitative estimate of drug-likeness (QED) is 0.677. The summed E-state index contributed by atoms with van der Waals surface area (Å²) in [6.45, 7) is 2.00. The van der Waals surface area contributed by atoms with Crippen LogP contribution in [0.3, 0.4) is 0 Å². The fourth-order valence-corrected chi connectivity index (χ4v) is 2.19. The van der Waals surface area contributed by atoms with Crippen LogP contribution in [-0.2, 0) is 0 Å². The fourth-order valence-electron chi connectivity index (χ4n) is 2.19. The number of benzene rings is 3. The van der Waals surface area contributed by atoms with E-state index in [1.807, 2.05) is 49.4 Å². The van der Waals surface area contributed by atoms with Crippen molar-refractivity contribution >= 4 is 16.5 Å². The molecule has 19 heavy (non-hydrogen) atoms. The first kappa shape index (κ1) is 11.6. The molecule has 0 heterocycles. The van der Waals surface area contributed by atoms with Gasteiger partial charge in [0.25, 0.3) is 0 Å². The van der Waals surface area contributed by atoms with Crippen molar-refractivity contribution in [3.8, 4) is 11.5 Å². The lowest BCUT2D eigenvalue weighted by molar-refractivity contribution is 0.484. The second-order valence-corrected chi connectivity index (χ2v) is 4.60. The summed E-state index contributed by atoms with van der Waals surface area (Å²) in [7, 11) is 0. The molecule has 0 aliphatic carbocycles. The Balaban J connectivity index is 2.06. The highest BCUT2D eigenvalue weighted by Gasteiger charge is 2.05. The van der Waals surface area contributed by atoms with Crippen molar-refractivity contribution in [1.29, 1.82) is 0 Å². The zero-order valence-electron chi connectivity index (χ0n) is 10.8. The van der Waals surface area contributed by atoms with Crippen molar-refractivity contribution < 1.29 is 4.74 Å². The van der Waals surface area contributed by atoms with Crippen LogP contribution in [0.5, 0.6) is 11.5 Å². The number of hydrogen-bond donors (Lipinski definition) is 1. The van der Waals surface area contributed by atoms with Gasteiger partial charge in [0, 0.05) is 11.1 Å². The van der Waals surface area contributed by atoms with Gasteiger partial charge in [-0.3, -0.25) is 0 Å². The Kier molecular flexibility index (Phi) is 2.84. The third-order valence-electron chi connectivity index (χ3n) is 3.17. The molecule has 0 aliphatic heterocycles. The van der Waals surface area contributed by atoms with Gasteiger partial charge in [-0.25, -0.2) is 0 Å². The second-order valence-electron chi connectivity index (χ2n) is 4.60. The zero-order valence-corrected chi connectivity index (χ0v) is 10.8. The molecule has 2 N–H and O–H groups in total. The van der Waals surface area contributed by atoms with Gasteiger partial charge in [0.15, 0.2) is 0 Å². The molecule has 0 aliphatic rings. The molecule has 2 heteroatoms. The number of ether oxygens (including phenoxy) is 1. The molecule has 0 spiro atoms. The molecular formula is C17H15NO. The smallest absolute Gasteiger partial charge is 0.135 e. The van der Waals surface area contributed by atoms with E-state index in [-0.39, 0.29) is 0 Å². The van der Waals surface area contributed by atoms with Gasteiger partial charge < -0.3 is 10.5 Å². The molecule has 3 rings (SSSR count). The molecular weight excluding hydrogens is 234 g/mol. The average molecular weight is 249 g/mol. The Morgan fingerprint density at radius 2 is 1.63 bits per heavy atom. The highest BCUT2D eigenvalue weighted by Crippen LogP contribution is 2.31. The Morgan fingerprint density at radius 1 is 0.842 bits per heavy atom. The molecule has 0 fully saturated rings. The summed E-state index contributed by atoms with van der Waals surface area (Å²) in [5.74, 6) is 1.71. The van der Waals surface area contributed by atoms with Gasteiger partial charge in [-0.15, -0.1) is 0 Å². The van der Waals surface area contributed by atoms with Crippen LogP contribution in [0.2, 0.25) is 0 Å². The van der Waals surface area contributed by atoms with Crippen molar-refractivity contribution in [2.75, 3.05) is 5.73 Å². The lowest BCUT2D eigenvalue weighted by Crippen LogP contribution is -1.91. The molecule has 3 aromatic rings. The van der Waals surface area contributed by atoms with E-state index in [4.69, 9.17) is 10.5 Å². The Morgan fingerprint density at radius 3 is 2.47 bits per heavy atom. The van der Waals surface area contributed by atoms with E-state index in [1.54, 1.807) is 0 Å². The third-order valence-corrected chi connectivity index (χ3v) is 3.17. The minimum Gasteiger partial charge on any atom is -0.456 e. The van der Waals surface area contributed by atoms with Crippen molar-refractivity contribution in [2.45, 2.75) is 6.92 Å². The van der Waals surface area contributed by atoms with E-state index in [0.29, 0.717) is 0 Å². The van der Waals surface area contributed by atoms with Gasteiger partial charge in [0.2, 0.25) is 0 Å². The predicted molar refractivity (Wildman–Crippen MR) is 79.6 cm³/mol. The van der Waals surface area contributed by atoms with Crippen LogP contribution in [0.25, 0.3) is 10.8 Å². The summed E-state index contributed by atoms with van der Waals surface area (Å²) in [6.07, 6.45) is 0. The first-order valence-corrected chi connectivity index (χ1v) is 6.26. The number of fused-ring (bicyclic) bond motifs is 1. The van der Waals surface area contributed by atoms with Crippen LogP contribution in [0.1, 0.15) is 5.56 Å². The highest BCUT2D eigenvalue weighted by molar-refractivity contribution is 5.88. The molecule has 0 atom stereocenters. The van der Waals surface area contributed by atoms with Crippen LogP contribution in [0, 0.1) is 6.92 Å². The van der Waals surface area contributed by atoms with E-state index in [9.17, 15) is 0 Å². The molecule has 0 saturated heterocycles. The maximum Gasteiger partial charge on any atom is 0.135 e. The molecule has 0 unspecified atom stereocenters. The van der Waals surface area contributed by atoms with Crippen molar-refractivity contribution in [1.82, 2.24) is 0 Å². The zero-order chi connectivity index (χ0) is 13.2. The minimum absolute atomic E-state index is 0.753. The highest BCUT2D eigenvalue weighted by atomic mass is 16.5. The standard InChI is InChI=1S/C17H15NO/c1-12-11-14(18)9-10-16(12)19-17-8-4-6-13-5-2-3-7-15(13)17/h2-11H,18H2,1H3. The van der Waals surface area contributed by atoms with Crippen LogP contribution in [0.4, 0.5) is 5.69 Å².